The molecule has 0 saturated carbocycles. The van der Waals surface area contributed by atoms with E-state index in [-0.39, 0.29) is 5.82 Å². The minimum absolute atomic E-state index is 0.0231. The van der Waals surface area contributed by atoms with Crippen LogP contribution in [0.4, 0.5) is 0 Å². The molecule has 5 heteroatoms. The number of ether oxygens (including phenoxy) is 1. The lowest BCUT2D eigenvalue weighted by molar-refractivity contribution is 0.0586. The zero-order valence-corrected chi connectivity index (χ0v) is 8.17. The van der Waals surface area contributed by atoms with Gasteiger partial charge in [0, 0.05) is 18.0 Å². The number of allylic oxidation sites excluding steroid dienone is 1. The maximum Gasteiger partial charge on any atom is 0.376 e. The van der Waals surface area contributed by atoms with Crippen molar-refractivity contribution in [1.29, 1.82) is 5.26 Å². The predicted octanol–water partition coefficient (Wildman–Crippen LogP) is 1.19. The number of hydrogen-bond donors (Lipinski definition) is 0. The monoisotopic (exact) mass is 203 g/mol. The molecule has 0 aromatic carbocycles. The van der Waals surface area contributed by atoms with E-state index >= 15 is 0 Å². The van der Waals surface area contributed by atoms with E-state index in [1.807, 2.05) is 6.07 Å². The van der Waals surface area contributed by atoms with Crippen molar-refractivity contribution in [2.45, 2.75) is 6.42 Å². The first-order valence-corrected chi connectivity index (χ1v) is 4.21. The normalized spacial score (nSPS) is 9.87. The average Bonchev–Trinajstić information content (AvgIpc) is 2.29. The second kappa shape index (κ2) is 5.50. The van der Waals surface area contributed by atoms with E-state index in [1.54, 1.807) is 12.2 Å². The molecule has 0 aliphatic heterocycles. The fourth-order valence-electron chi connectivity index (χ4n) is 0.868. The van der Waals surface area contributed by atoms with E-state index in [2.05, 4.69) is 14.7 Å². The first-order valence-electron chi connectivity index (χ1n) is 4.21. The predicted molar refractivity (Wildman–Crippen MR) is 52.6 cm³/mol. The summed E-state index contributed by atoms with van der Waals surface area (Å²) >= 11 is 0. The summed E-state index contributed by atoms with van der Waals surface area (Å²) in [5, 5.41) is 8.30. The number of carbonyl (C=O) groups excluding carboxylic acids is 1. The SMILES string of the molecule is COC(=O)c1ncc(C=CCC#N)cn1. The molecule has 0 saturated heterocycles. The molecule has 5 nitrogen and oxygen atoms in total. The van der Waals surface area contributed by atoms with Crippen LogP contribution < -0.4 is 0 Å². The molecular formula is C10H9N3O2. The summed E-state index contributed by atoms with van der Waals surface area (Å²) in [5.74, 6) is -0.544. The molecule has 0 aliphatic rings. The molecule has 0 spiro atoms. The maximum absolute atomic E-state index is 11.0. The van der Waals surface area contributed by atoms with Gasteiger partial charge in [0.15, 0.2) is 0 Å². The smallest absolute Gasteiger partial charge is 0.376 e. The van der Waals surface area contributed by atoms with Crippen molar-refractivity contribution in [2.75, 3.05) is 7.11 Å². The fourth-order valence-corrected chi connectivity index (χ4v) is 0.868. The Hall–Kier alpha value is -2.22. The lowest BCUT2D eigenvalue weighted by Crippen LogP contribution is -2.06. The van der Waals surface area contributed by atoms with Gasteiger partial charge in [-0.15, -0.1) is 0 Å². The van der Waals surface area contributed by atoms with Crippen LogP contribution >= 0.6 is 0 Å². The van der Waals surface area contributed by atoms with Crippen LogP contribution in [0.2, 0.25) is 0 Å². The number of aromatic nitrogens is 2. The fraction of sp³-hybridized carbons (Fsp3) is 0.200. The van der Waals surface area contributed by atoms with E-state index < -0.39 is 5.97 Å². The number of rotatable bonds is 3. The Labute approximate surface area is 87.0 Å². The molecule has 0 radical (unpaired) electrons. The van der Waals surface area contributed by atoms with E-state index in [1.165, 1.54) is 19.5 Å². The lowest BCUT2D eigenvalue weighted by atomic mass is 10.3. The molecule has 1 rings (SSSR count). The van der Waals surface area contributed by atoms with Gasteiger partial charge in [-0.2, -0.15) is 5.26 Å². The number of carbonyl (C=O) groups is 1. The van der Waals surface area contributed by atoms with Gasteiger partial charge in [-0.25, -0.2) is 14.8 Å². The number of esters is 1. The lowest BCUT2D eigenvalue weighted by Gasteiger charge is -1.96. The number of hydrogen-bond acceptors (Lipinski definition) is 5. The largest absolute Gasteiger partial charge is 0.463 e. The summed E-state index contributed by atoms with van der Waals surface area (Å²) < 4.78 is 4.45. The van der Waals surface area contributed by atoms with Crippen LogP contribution in [0.5, 0.6) is 0 Å². The van der Waals surface area contributed by atoms with Gasteiger partial charge in [0.1, 0.15) is 0 Å². The van der Waals surface area contributed by atoms with Gasteiger partial charge in [0.25, 0.3) is 0 Å². The third-order valence-corrected chi connectivity index (χ3v) is 1.56. The summed E-state index contributed by atoms with van der Waals surface area (Å²) in [4.78, 5) is 18.6. The standard InChI is InChI=1S/C10H9N3O2/c1-15-10(14)9-12-6-8(7-13-9)4-2-3-5-11/h2,4,6-7H,3H2,1H3. The van der Waals surface area contributed by atoms with Gasteiger partial charge >= 0.3 is 5.97 Å². The van der Waals surface area contributed by atoms with Crippen LogP contribution in [0, 0.1) is 11.3 Å². The van der Waals surface area contributed by atoms with E-state index in [0.29, 0.717) is 6.42 Å². The van der Waals surface area contributed by atoms with E-state index in [4.69, 9.17) is 5.26 Å². The van der Waals surface area contributed by atoms with E-state index in [0.717, 1.165) is 5.56 Å². The highest BCUT2D eigenvalue weighted by molar-refractivity contribution is 5.84. The van der Waals surface area contributed by atoms with Crippen molar-refractivity contribution in [3.05, 3.63) is 29.9 Å². The maximum atomic E-state index is 11.0. The zero-order chi connectivity index (χ0) is 11.1. The quantitative estimate of drug-likeness (QED) is 0.689. The van der Waals surface area contributed by atoms with Gasteiger partial charge in [-0.05, 0) is 0 Å². The molecule has 0 amide bonds. The van der Waals surface area contributed by atoms with Gasteiger partial charge in [0.2, 0.25) is 5.82 Å². The molecule has 0 bridgehead atoms. The Morgan fingerprint density at radius 3 is 2.80 bits per heavy atom. The van der Waals surface area contributed by atoms with Crippen LogP contribution in [0.1, 0.15) is 22.6 Å². The molecule has 1 heterocycles. The topological polar surface area (TPSA) is 75.9 Å². The van der Waals surface area contributed by atoms with Gasteiger partial charge < -0.3 is 4.74 Å². The Bertz CT molecular complexity index is 404. The van der Waals surface area contributed by atoms with Crippen LogP contribution in [-0.4, -0.2) is 23.0 Å². The summed E-state index contributed by atoms with van der Waals surface area (Å²) in [7, 11) is 1.27. The van der Waals surface area contributed by atoms with E-state index in [9.17, 15) is 4.79 Å². The van der Waals surface area contributed by atoms with Crippen molar-refractivity contribution >= 4 is 12.0 Å². The van der Waals surface area contributed by atoms with Crippen LogP contribution in [0.25, 0.3) is 6.08 Å². The zero-order valence-electron chi connectivity index (χ0n) is 8.17. The van der Waals surface area contributed by atoms with Crippen LogP contribution in [0.3, 0.4) is 0 Å². The molecule has 0 N–H and O–H groups in total. The number of methoxy groups -OCH3 is 1. The molecule has 1 aromatic rings. The van der Waals surface area contributed by atoms with Crippen molar-refractivity contribution in [3.63, 3.8) is 0 Å². The molecule has 0 aliphatic carbocycles. The Morgan fingerprint density at radius 1 is 1.60 bits per heavy atom. The summed E-state index contributed by atoms with van der Waals surface area (Å²) in [5.41, 5.74) is 0.734. The molecule has 0 fully saturated rings. The first kappa shape index (κ1) is 10.9. The van der Waals surface area contributed by atoms with Crippen molar-refractivity contribution in [1.82, 2.24) is 9.97 Å². The number of nitriles is 1. The molecular weight excluding hydrogens is 194 g/mol. The molecule has 0 unspecified atom stereocenters. The van der Waals surface area contributed by atoms with Crippen molar-refractivity contribution in [3.8, 4) is 6.07 Å². The highest BCUT2D eigenvalue weighted by Crippen LogP contribution is 2.00. The molecule has 15 heavy (non-hydrogen) atoms. The molecule has 76 valence electrons. The second-order valence-corrected chi connectivity index (χ2v) is 2.60. The van der Waals surface area contributed by atoms with Gasteiger partial charge in [0.05, 0.1) is 19.6 Å². The summed E-state index contributed by atoms with van der Waals surface area (Å²) in [6, 6.07) is 1.97. The average molecular weight is 203 g/mol. The van der Waals surface area contributed by atoms with Crippen LogP contribution in [0.15, 0.2) is 18.5 Å². The first-order chi connectivity index (χ1) is 7.27. The Kier molecular flexibility index (Phi) is 3.98. The molecule has 1 aromatic heterocycles. The number of nitrogens with zero attached hydrogens (tertiary/aromatic N) is 3. The summed E-state index contributed by atoms with van der Waals surface area (Å²) in [6.45, 7) is 0. The minimum Gasteiger partial charge on any atom is -0.463 e. The minimum atomic E-state index is -0.567. The van der Waals surface area contributed by atoms with Crippen molar-refractivity contribution < 1.29 is 9.53 Å². The summed E-state index contributed by atoms with van der Waals surface area (Å²) in [6.07, 6.45) is 6.72. The Balaban J connectivity index is 2.73. The van der Waals surface area contributed by atoms with Crippen molar-refractivity contribution in [2.24, 2.45) is 0 Å². The third-order valence-electron chi connectivity index (χ3n) is 1.56. The highest BCUT2D eigenvalue weighted by Gasteiger charge is 2.06. The highest BCUT2D eigenvalue weighted by atomic mass is 16.5. The Morgan fingerprint density at radius 2 is 2.27 bits per heavy atom. The third kappa shape index (κ3) is 3.19. The molecule has 0 atom stereocenters. The van der Waals surface area contributed by atoms with Gasteiger partial charge in [-0.1, -0.05) is 12.2 Å². The van der Waals surface area contributed by atoms with Gasteiger partial charge in [-0.3, -0.25) is 0 Å². The van der Waals surface area contributed by atoms with Crippen LogP contribution in [-0.2, 0) is 4.74 Å². The second-order valence-electron chi connectivity index (χ2n) is 2.60.